The van der Waals surface area contributed by atoms with Crippen molar-refractivity contribution < 1.29 is 9.53 Å². The van der Waals surface area contributed by atoms with Gasteiger partial charge in [-0.1, -0.05) is 0 Å². The van der Waals surface area contributed by atoms with E-state index in [-0.39, 0.29) is 18.1 Å². The third kappa shape index (κ3) is 2.39. The molecule has 5 nitrogen and oxygen atoms in total. The highest BCUT2D eigenvalue weighted by Gasteiger charge is 2.29. The van der Waals surface area contributed by atoms with E-state index in [9.17, 15) is 4.79 Å². The van der Waals surface area contributed by atoms with Crippen LogP contribution in [0.5, 0.6) is 0 Å². The summed E-state index contributed by atoms with van der Waals surface area (Å²) >= 11 is 0. The SMILES string of the molecule is CC1CN(C(=O)c2ncccc2N)C(C)CO1. The maximum atomic E-state index is 12.3. The smallest absolute Gasteiger partial charge is 0.275 e. The molecule has 0 aromatic carbocycles. The Balaban J connectivity index is 2.22. The summed E-state index contributed by atoms with van der Waals surface area (Å²) in [6.07, 6.45) is 1.64. The van der Waals surface area contributed by atoms with Crippen molar-refractivity contribution in [3.63, 3.8) is 0 Å². The summed E-state index contributed by atoms with van der Waals surface area (Å²) in [5, 5.41) is 0. The first-order valence-electron chi connectivity index (χ1n) is 5.72. The fraction of sp³-hybridized carbons (Fsp3) is 0.500. The van der Waals surface area contributed by atoms with E-state index in [0.29, 0.717) is 24.5 Å². The number of hydrogen-bond acceptors (Lipinski definition) is 4. The van der Waals surface area contributed by atoms with Crippen molar-refractivity contribution in [1.29, 1.82) is 0 Å². The Kier molecular flexibility index (Phi) is 3.28. The molecule has 0 bridgehead atoms. The Hall–Kier alpha value is -1.62. The fourth-order valence-electron chi connectivity index (χ4n) is 1.92. The second-order valence-electron chi connectivity index (χ2n) is 4.39. The summed E-state index contributed by atoms with van der Waals surface area (Å²) in [7, 11) is 0. The number of ether oxygens (including phenoxy) is 1. The van der Waals surface area contributed by atoms with Gasteiger partial charge < -0.3 is 15.4 Å². The predicted octanol–water partition coefficient (Wildman–Crippen LogP) is 0.913. The number of morpholine rings is 1. The highest BCUT2D eigenvalue weighted by molar-refractivity contribution is 5.97. The zero-order valence-corrected chi connectivity index (χ0v) is 10.1. The van der Waals surface area contributed by atoms with Crippen LogP contribution >= 0.6 is 0 Å². The van der Waals surface area contributed by atoms with Crippen LogP contribution in [0.15, 0.2) is 18.3 Å². The second kappa shape index (κ2) is 4.71. The van der Waals surface area contributed by atoms with Gasteiger partial charge in [0.15, 0.2) is 5.69 Å². The Morgan fingerprint density at radius 1 is 1.59 bits per heavy atom. The summed E-state index contributed by atoms with van der Waals surface area (Å²) in [4.78, 5) is 18.1. The monoisotopic (exact) mass is 235 g/mol. The molecule has 1 aromatic heterocycles. The topological polar surface area (TPSA) is 68.5 Å². The average molecular weight is 235 g/mol. The van der Waals surface area contributed by atoms with Gasteiger partial charge in [-0.3, -0.25) is 4.79 Å². The van der Waals surface area contributed by atoms with Crippen LogP contribution in [-0.4, -0.2) is 41.1 Å². The lowest BCUT2D eigenvalue weighted by atomic mass is 10.1. The predicted molar refractivity (Wildman–Crippen MR) is 64.6 cm³/mol. The zero-order valence-electron chi connectivity index (χ0n) is 10.1. The Morgan fingerprint density at radius 3 is 3.06 bits per heavy atom. The van der Waals surface area contributed by atoms with E-state index in [1.807, 2.05) is 13.8 Å². The van der Waals surface area contributed by atoms with Gasteiger partial charge in [0.1, 0.15) is 0 Å². The van der Waals surface area contributed by atoms with Gasteiger partial charge >= 0.3 is 0 Å². The molecular formula is C12H17N3O2. The number of hydrogen-bond donors (Lipinski definition) is 1. The number of nitrogens with zero attached hydrogens (tertiary/aromatic N) is 2. The maximum absolute atomic E-state index is 12.3. The second-order valence-corrected chi connectivity index (χ2v) is 4.39. The standard InChI is InChI=1S/C12H17N3O2/c1-8-7-17-9(2)6-15(8)12(16)11-10(13)4-3-5-14-11/h3-5,8-9H,6-7,13H2,1-2H3. The first kappa shape index (κ1) is 11.9. The molecule has 1 fully saturated rings. The molecule has 0 radical (unpaired) electrons. The highest BCUT2D eigenvalue weighted by atomic mass is 16.5. The minimum absolute atomic E-state index is 0.0556. The van der Waals surface area contributed by atoms with Crippen LogP contribution in [-0.2, 0) is 4.74 Å². The van der Waals surface area contributed by atoms with Crippen molar-refractivity contribution in [3.05, 3.63) is 24.0 Å². The molecule has 92 valence electrons. The van der Waals surface area contributed by atoms with E-state index in [4.69, 9.17) is 10.5 Å². The molecule has 2 rings (SSSR count). The molecule has 2 atom stereocenters. The summed E-state index contributed by atoms with van der Waals surface area (Å²) < 4.78 is 5.49. The average Bonchev–Trinajstić information content (AvgIpc) is 2.32. The molecule has 1 saturated heterocycles. The van der Waals surface area contributed by atoms with Gasteiger partial charge in [0, 0.05) is 12.7 Å². The number of anilines is 1. The van der Waals surface area contributed by atoms with Gasteiger partial charge in [-0.05, 0) is 26.0 Å². The minimum Gasteiger partial charge on any atom is -0.397 e. The largest absolute Gasteiger partial charge is 0.397 e. The maximum Gasteiger partial charge on any atom is 0.275 e. The van der Waals surface area contributed by atoms with Gasteiger partial charge in [0.2, 0.25) is 0 Å². The lowest BCUT2D eigenvalue weighted by Gasteiger charge is -2.36. The molecule has 1 aromatic rings. The number of nitrogen functional groups attached to an aromatic ring is 1. The van der Waals surface area contributed by atoms with Gasteiger partial charge in [-0.15, -0.1) is 0 Å². The molecule has 1 aliphatic heterocycles. The lowest BCUT2D eigenvalue weighted by Crippen LogP contribution is -2.50. The number of rotatable bonds is 1. The molecule has 2 heterocycles. The van der Waals surface area contributed by atoms with Gasteiger partial charge in [0.05, 0.1) is 24.4 Å². The van der Waals surface area contributed by atoms with Crippen LogP contribution in [0, 0.1) is 0 Å². The molecule has 0 aliphatic carbocycles. The van der Waals surface area contributed by atoms with E-state index >= 15 is 0 Å². The van der Waals surface area contributed by atoms with E-state index < -0.39 is 0 Å². The molecule has 2 unspecified atom stereocenters. The lowest BCUT2D eigenvalue weighted by molar-refractivity contribution is -0.0388. The van der Waals surface area contributed by atoms with Crippen LogP contribution in [0.3, 0.4) is 0 Å². The summed E-state index contributed by atoms with van der Waals surface area (Å²) in [6, 6.07) is 3.46. The van der Waals surface area contributed by atoms with Crippen LogP contribution < -0.4 is 5.73 Å². The third-order valence-electron chi connectivity index (χ3n) is 2.91. The number of carbonyl (C=O) groups is 1. The van der Waals surface area contributed by atoms with E-state index in [1.54, 1.807) is 23.2 Å². The Morgan fingerprint density at radius 2 is 2.35 bits per heavy atom. The van der Waals surface area contributed by atoms with Crippen LogP contribution in [0.1, 0.15) is 24.3 Å². The van der Waals surface area contributed by atoms with Gasteiger partial charge in [0.25, 0.3) is 5.91 Å². The Labute approximate surface area is 101 Å². The number of amides is 1. The number of pyridine rings is 1. The van der Waals surface area contributed by atoms with Crippen LogP contribution in [0.4, 0.5) is 5.69 Å². The minimum atomic E-state index is -0.120. The van der Waals surface area contributed by atoms with Crippen molar-refractivity contribution in [2.24, 2.45) is 0 Å². The van der Waals surface area contributed by atoms with Crippen molar-refractivity contribution in [1.82, 2.24) is 9.88 Å². The van der Waals surface area contributed by atoms with Crippen LogP contribution in [0.2, 0.25) is 0 Å². The Bertz CT molecular complexity index is 422. The quantitative estimate of drug-likeness (QED) is 0.785. The van der Waals surface area contributed by atoms with Crippen molar-refractivity contribution >= 4 is 11.6 Å². The van der Waals surface area contributed by atoms with Crippen molar-refractivity contribution in [3.8, 4) is 0 Å². The number of aromatic nitrogens is 1. The molecule has 1 aliphatic rings. The number of carbonyl (C=O) groups excluding carboxylic acids is 1. The van der Waals surface area contributed by atoms with Crippen molar-refractivity contribution in [2.45, 2.75) is 26.0 Å². The zero-order chi connectivity index (χ0) is 12.4. The molecule has 5 heteroatoms. The molecule has 0 spiro atoms. The molecule has 17 heavy (non-hydrogen) atoms. The first-order valence-corrected chi connectivity index (χ1v) is 5.72. The fourth-order valence-corrected chi connectivity index (χ4v) is 1.92. The molecule has 1 amide bonds. The molecule has 2 N–H and O–H groups in total. The molecule has 0 saturated carbocycles. The summed E-state index contributed by atoms with van der Waals surface area (Å²) in [5.41, 5.74) is 6.51. The van der Waals surface area contributed by atoms with Gasteiger partial charge in [-0.2, -0.15) is 0 Å². The van der Waals surface area contributed by atoms with E-state index in [2.05, 4.69) is 4.98 Å². The first-order chi connectivity index (χ1) is 8.09. The van der Waals surface area contributed by atoms with E-state index in [1.165, 1.54) is 0 Å². The third-order valence-corrected chi connectivity index (χ3v) is 2.91. The summed E-state index contributed by atoms with van der Waals surface area (Å²) in [6.45, 7) is 5.05. The van der Waals surface area contributed by atoms with E-state index in [0.717, 1.165) is 0 Å². The van der Waals surface area contributed by atoms with Crippen LogP contribution in [0.25, 0.3) is 0 Å². The highest BCUT2D eigenvalue weighted by Crippen LogP contribution is 2.17. The number of nitrogens with two attached hydrogens (primary N) is 1. The normalized spacial score (nSPS) is 24.7. The van der Waals surface area contributed by atoms with Gasteiger partial charge in [-0.25, -0.2) is 4.98 Å². The van der Waals surface area contributed by atoms with Crippen molar-refractivity contribution in [2.75, 3.05) is 18.9 Å². The molecular weight excluding hydrogens is 218 g/mol. The summed E-state index contributed by atoms with van der Waals surface area (Å²) in [5.74, 6) is -0.120.